The first-order chi connectivity index (χ1) is 16.5. The van der Waals surface area contributed by atoms with E-state index >= 15 is 0 Å². The predicted molar refractivity (Wildman–Crippen MR) is 131 cm³/mol. The summed E-state index contributed by atoms with van der Waals surface area (Å²) in [7, 11) is 0. The number of aliphatic hydroxyl groups is 2. The van der Waals surface area contributed by atoms with Crippen LogP contribution in [0.5, 0.6) is 0 Å². The number of pyridine rings is 1. The fourth-order valence-electron chi connectivity index (χ4n) is 4.08. The summed E-state index contributed by atoms with van der Waals surface area (Å²) < 4.78 is 27.3. The van der Waals surface area contributed by atoms with E-state index in [0.717, 1.165) is 6.07 Å². The van der Waals surface area contributed by atoms with Crippen molar-refractivity contribution in [1.82, 2.24) is 19.9 Å². The van der Waals surface area contributed by atoms with Gasteiger partial charge in [-0.15, -0.1) is 0 Å². The summed E-state index contributed by atoms with van der Waals surface area (Å²) in [6.07, 6.45) is 0.387. The van der Waals surface area contributed by atoms with E-state index in [9.17, 15) is 19.0 Å². The van der Waals surface area contributed by atoms with Gasteiger partial charge in [0, 0.05) is 50.4 Å². The van der Waals surface area contributed by atoms with Gasteiger partial charge in [-0.2, -0.15) is 0 Å². The Labute approximate surface area is 203 Å². The van der Waals surface area contributed by atoms with Crippen molar-refractivity contribution in [1.29, 1.82) is 0 Å². The molecular weight excluding hydrogens is 454 g/mol. The maximum Gasteiger partial charge on any atom is 0.172 e. The molecule has 1 aromatic carbocycles. The number of fused-ring (bicyclic) bond motifs is 1. The van der Waals surface area contributed by atoms with Crippen LogP contribution in [-0.2, 0) is 6.54 Å². The number of nitrogens with one attached hydrogen (secondary N) is 1. The van der Waals surface area contributed by atoms with E-state index in [1.54, 1.807) is 12.3 Å². The average Bonchev–Trinajstić information content (AvgIpc) is 2.79. The topological polar surface area (TPSA) is 97.6 Å². The lowest BCUT2D eigenvalue weighted by molar-refractivity contribution is -0.0516. The van der Waals surface area contributed by atoms with Crippen molar-refractivity contribution in [2.75, 3.05) is 36.4 Å². The molecule has 4 rings (SSSR count). The zero-order valence-electron chi connectivity index (χ0n) is 20.5. The molecule has 0 spiro atoms. The molecule has 2 aromatic heterocycles. The highest BCUT2D eigenvalue weighted by molar-refractivity contribution is 5.80. The number of halogens is 2. The van der Waals surface area contributed by atoms with Crippen LogP contribution in [0.25, 0.3) is 11.0 Å². The second-order valence-corrected chi connectivity index (χ2v) is 9.85. The van der Waals surface area contributed by atoms with Crippen molar-refractivity contribution in [3.63, 3.8) is 0 Å². The van der Waals surface area contributed by atoms with E-state index in [2.05, 4.69) is 20.1 Å². The zero-order valence-corrected chi connectivity index (χ0v) is 20.5. The normalized spacial score (nSPS) is 16.2. The summed E-state index contributed by atoms with van der Waals surface area (Å²) in [5.74, 6) is 0.218. The van der Waals surface area contributed by atoms with E-state index in [0.29, 0.717) is 66.7 Å². The van der Waals surface area contributed by atoms with Crippen molar-refractivity contribution in [3.8, 4) is 0 Å². The molecule has 0 bridgehead atoms. The van der Waals surface area contributed by atoms with Gasteiger partial charge in [0.25, 0.3) is 0 Å². The molecular formula is C25H32F2N6O2. The van der Waals surface area contributed by atoms with Gasteiger partial charge in [-0.1, -0.05) is 6.07 Å². The van der Waals surface area contributed by atoms with Gasteiger partial charge in [-0.3, -0.25) is 9.88 Å². The van der Waals surface area contributed by atoms with Gasteiger partial charge in [0.15, 0.2) is 11.6 Å². The minimum Gasteiger partial charge on any atom is -0.387 e. The number of hydrogen-bond donors (Lipinski definition) is 3. The Hall–Kier alpha value is -2.95. The molecule has 1 aliphatic heterocycles. The highest BCUT2D eigenvalue weighted by atomic mass is 19.1. The third-order valence-corrected chi connectivity index (χ3v) is 6.01. The number of aliphatic hydroxyl groups excluding tert-OH is 1. The monoisotopic (exact) mass is 486 g/mol. The van der Waals surface area contributed by atoms with Gasteiger partial charge < -0.3 is 20.4 Å². The lowest BCUT2D eigenvalue weighted by Crippen LogP contribution is -2.46. The van der Waals surface area contributed by atoms with Crippen LogP contribution in [0, 0.1) is 11.6 Å². The molecule has 1 unspecified atom stereocenters. The van der Waals surface area contributed by atoms with Crippen molar-refractivity contribution in [3.05, 3.63) is 53.4 Å². The van der Waals surface area contributed by atoms with E-state index in [4.69, 9.17) is 9.97 Å². The molecule has 1 fully saturated rings. The van der Waals surface area contributed by atoms with Crippen LogP contribution in [0.15, 0.2) is 30.5 Å². The standard InChI is InChI=1S/C25H32F2N6O2/c1-15(2)29-23-24(31-19-12-20(22(34)25(3,4)35)28-13-21(19)30-23)33-9-7-32(8-10-33)14-16-5-6-17(26)11-18(16)27/h5-6,11-13,15,22,34-35H,7-10,14H2,1-4H3,(H,29,30). The van der Waals surface area contributed by atoms with Crippen LogP contribution in [0.3, 0.4) is 0 Å². The summed E-state index contributed by atoms with van der Waals surface area (Å²) in [5.41, 5.74) is 0.586. The Balaban J connectivity index is 1.57. The van der Waals surface area contributed by atoms with E-state index in [1.807, 2.05) is 13.8 Å². The number of nitrogens with zero attached hydrogens (tertiary/aromatic N) is 5. The number of rotatable bonds is 7. The molecule has 3 heterocycles. The lowest BCUT2D eigenvalue weighted by atomic mass is 9.98. The van der Waals surface area contributed by atoms with Gasteiger partial charge >= 0.3 is 0 Å². The molecule has 3 N–H and O–H groups in total. The van der Waals surface area contributed by atoms with Gasteiger partial charge in [0.1, 0.15) is 23.3 Å². The molecule has 3 aromatic rings. The summed E-state index contributed by atoms with van der Waals surface area (Å²) in [5, 5.41) is 24.0. The highest BCUT2D eigenvalue weighted by Gasteiger charge is 2.28. The third kappa shape index (κ3) is 5.83. The van der Waals surface area contributed by atoms with E-state index in [1.165, 1.54) is 26.0 Å². The second kappa shape index (κ2) is 9.96. The summed E-state index contributed by atoms with van der Waals surface area (Å²) in [6.45, 7) is 10.1. The molecule has 0 aliphatic carbocycles. The van der Waals surface area contributed by atoms with Crippen LogP contribution in [-0.4, -0.2) is 67.9 Å². The van der Waals surface area contributed by atoms with Crippen molar-refractivity contribution < 1.29 is 19.0 Å². The molecule has 35 heavy (non-hydrogen) atoms. The summed E-state index contributed by atoms with van der Waals surface area (Å²) in [6, 6.07) is 5.47. The molecule has 10 heteroatoms. The predicted octanol–water partition coefficient (Wildman–Crippen LogP) is 3.25. The number of piperazine rings is 1. The van der Waals surface area contributed by atoms with Crippen molar-refractivity contribution >= 4 is 22.7 Å². The van der Waals surface area contributed by atoms with Gasteiger partial charge in [0.05, 0.1) is 23.0 Å². The van der Waals surface area contributed by atoms with Gasteiger partial charge in [-0.25, -0.2) is 18.7 Å². The van der Waals surface area contributed by atoms with Gasteiger partial charge in [0.2, 0.25) is 0 Å². The first kappa shape index (κ1) is 25.2. The van der Waals surface area contributed by atoms with E-state index in [-0.39, 0.29) is 6.04 Å². The second-order valence-electron chi connectivity index (χ2n) is 9.85. The number of hydrogen-bond acceptors (Lipinski definition) is 8. The van der Waals surface area contributed by atoms with Crippen LogP contribution in [0.4, 0.5) is 20.4 Å². The van der Waals surface area contributed by atoms with Gasteiger partial charge in [-0.05, 0) is 39.8 Å². The quantitative estimate of drug-likeness (QED) is 0.468. The fourth-order valence-corrected chi connectivity index (χ4v) is 4.08. The number of anilines is 2. The Morgan fingerprint density at radius 3 is 2.40 bits per heavy atom. The minimum absolute atomic E-state index is 0.132. The lowest BCUT2D eigenvalue weighted by Gasteiger charge is -2.36. The Bertz CT molecular complexity index is 1190. The zero-order chi connectivity index (χ0) is 25.3. The molecule has 0 saturated carbocycles. The van der Waals surface area contributed by atoms with E-state index < -0.39 is 23.3 Å². The van der Waals surface area contributed by atoms with Crippen molar-refractivity contribution in [2.24, 2.45) is 0 Å². The smallest absolute Gasteiger partial charge is 0.172 e. The maximum atomic E-state index is 14.1. The SMILES string of the molecule is CC(C)Nc1nc2cnc(C(O)C(C)(C)O)cc2nc1N1CCN(Cc2ccc(F)cc2F)CC1. The molecule has 0 amide bonds. The first-order valence-corrected chi connectivity index (χ1v) is 11.8. The van der Waals surface area contributed by atoms with Crippen LogP contribution < -0.4 is 10.2 Å². The first-order valence-electron chi connectivity index (χ1n) is 11.8. The summed E-state index contributed by atoms with van der Waals surface area (Å²) >= 11 is 0. The Morgan fingerprint density at radius 2 is 1.77 bits per heavy atom. The number of aromatic nitrogens is 3. The molecule has 8 nitrogen and oxygen atoms in total. The third-order valence-electron chi connectivity index (χ3n) is 6.01. The minimum atomic E-state index is -1.35. The molecule has 1 aliphatic rings. The largest absolute Gasteiger partial charge is 0.387 e. The van der Waals surface area contributed by atoms with Crippen LogP contribution >= 0.6 is 0 Å². The maximum absolute atomic E-state index is 14.1. The Kier molecular flexibility index (Phi) is 7.16. The average molecular weight is 487 g/mol. The Morgan fingerprint density at radius 1 is 1.06 bits per heavy atom. The molecule has 1 saturated heterocycles. The van der Waals surface area contributed by atoms with Crippen molar-refractivity contribution in [2.45, 2.75) is 52.0 Å². The summed E-state index contributed by atoms with van der Waals surface area (Å²) in [4.78, 5) is 18.1. The van der Waals surface area contributed by atoms with Crippen LogP contribution in [0.1, 0.15) is 45.1 Å². The molecule has 188 valence electrons. The van der Waals surface area contributed by atoms with Crippen LogP contribution in [0.2, 0.25) is 0 Å². The molecule has 1 atom stereocenters. The fraction of sp³-hybridized carbons (Fsp3) is 0.480. The highest BCUT2D eigenvalue weighted by Crippen LogP contribution is 2.30. The number of benzene rings is 1. The molecule has 0 radical (unpaired) electrons.